The van der Waals surface area contributed by atoms with Crippen LogP contribution < -0.4 is 5.32 Å². The van der Waals surface area contributed by atoms with E-state index in [-0.39, 0.29) is 0 Å². The number of ether oxygens (including phenoxy) is 1. The van der Waals surface area contributed by atoms with Crippen molar-refractivity contribution < 1.29 is 4.74 Å². The van der Waals surface area contributed by atoms with E-state index in [1.54, 1.807) is 0 Å². The molecule has 0 amide bonds. The molecule has 1 aliphatic carbocycles. The highest BCUT2D eigenvalue weighted by Gasteiger charge is 2.29. The molecule has 0 bridgehead atoms. The Labute approximate surface area is 120 Å². The normalized spacial score (nSPS) is 27.9. The first-order valence-electron chi connectivity index (χ1n) is 8.20. The number of hydrogen-bond acceptors (Lipinski definition) is 3. The van der Waals surface area contributed by atoms with Crippen LogP contribution in [0.15, 0.2) is 0 Å². The summed E-state index contributed by atoms with van der Waals surface area (Å²) in [6, 6.07) is 0.724. The van der Waals surface area contributed by atoms with Crippen LogP contribution in [-0.2, 0) is 4.74 Å². The minimum absolute atomic E-state index is 0.724. The van der Waals surface area contributed by atoms with Crippen molar-refractivity contribution in [3.63, 3.8) is 0 Å². The fourth-order valence-corrected chi connectivity index (χ4v) is 3.32. The summed E-state index contributed by atoms with van der Waals surface area (Å²) < 4.78 is 5.45. The van der Waals surface area contributed by atoms with Gasteiger partial charge in [-0.3, -0.25) is 0 Å². The van der Waals surface area contributed by atoms with Crippen molar-refractivity contribution in [3.8, 4) is 0 Å². The second-order valence-corrected chi connectivity index (χ2v) is 5.97. The molecule has 0 aromatic heterocycles. The standard InChI is InChI=1S/C16H34N2O/c1-5-14-8-9-16(17-6-2)15(12-14)13-18(4)10-11-19-7-3/h14-17H,5-13H2,1-4H3. The summed E-state index contributed by atoms with van der Waals surface area (Å²) in [5.41, 5.74) is 0. The molecule has 3 atom stereocenters. The van der Waals surface area contributed by atoms with Crippen LogP contribution in [0.3, 0.4) is 0 Å². The molecule has 3 heteroatoms. The highest BCUT2D eigenvalue weighted by molar-refractivity contribution is 4.85. The Morgan fingerprint density at radius 3 is 2.63 bits per heavy atom. The van der Waals surface area contributed by atoms with E-state index in [1.165, 1.54) is 32.2 Å². The van der Waals surface area contributed by atoms with Gasteiger partial charge in [0.1, 0.15) is 0 Å². The number of nitrogens with one attached hydrogen (secondary N) is 1. The lowest BCUT2D eigenvalue weighted by atomic mass is 9.76. The maximum absolute atomic E-state index is 5.45. The molecule has 0 radical (unpaired) electrons. The summed E-state index contributed by atoms with van der Waals surface area (Å²) in [6.07, 6.45) is 5.51. The molecular formula is C16H34N2O. The first-order valence-corrected chi connectivity index (χ1v) is 8.20. The molecule has 1 fully saturated rings. The van der Waals surface area contributed by atoms with Crippen molar-refractivity contribution in [2.45, 2.75) is 52.5 Å². The number of hydrogen-bond donors (Lipinski definition) is 1. The number of rotatable bonds is 9. The predicted octanol–water partition coefficient (Wildman–Crippen LogP) is 2.76. The molecule has 1 N–H and O–H groups in total. The molecule has 0 aromatic carbocycles. The minimum Gasteiger partial charge on any atom is -0.380 e. The van der Waals surface area contributed by atoms with Gasteiger partial charge in [0.25, 0.3) is 0 Å². The molecule has 0 spiro atoms. The molecule has 0 heterocycles. The van der Waals surface area contributed by atoms with Crippen LogP contribution >= 0.6 is 0 Å². The van der Waals surface area contributed by atoms with Gasteiger partial charge in [-0.2, -0.15) is 0 Å². The smallest absolute Gasteiger partial charge is 0.0593 e. The van der Waals surface area contributed by atoms with E-state index in [4.69, 9.17) is 4.74 Å². The van der Waals surface area contributed by atoms with Gasteiger partial charge in [-0.1, -0.05) is 20.3 Å². The second kappa shape index (κ2) is 9.73. The topological polar surface area (TPSA) is 24.5 Å². The van der Waals surface area contributed by atoms with Gasteiger partial charge in [0.15, 0.2) is 0 Å². The van der Waals surface area contributed by atoms with Gasteiger partial charge in [-0.05, 0) is 51.6 Å². The Bertz CT molecular complexity index is 223. The zero-order chi connectivity index (χ0) is 14.1. The van der Waals surface area contributed by atoms with Crippen molar-refractivity contribution in [1.29, 1.82) is 0 Å². The van der Waals surface area contributed by atoms with Crippen LogP contribution in [0, 0.1) is 11.8 Å². The lowest BCUT2D eigenvalue weighted by molar-refractivity contribution is 0.101. The molecule has 0 saturated heterocycles. The van der Waals surface area contributed by atoms with Gasteiger partial charge in [0, 0.05) is 25.7 Å². The van der Waals surface area contributed by atoms with Crippen molar-refractivity contribution in [2.75, 3.05) is 39.9 Å². The Hall–Kier alpha value is -0.120. The van der Waals surface area contributed by atoms with Crippen LogP contribution in [0.25, 0.3) is 0 Å². The average Bonchev–Trinajstić information content (AvgIpc) is 2.41. The average molecular weight is 270 g/mol. The SMILES string of the molecule is CCNC1CCC(CC)CC1CN(C)CCOCC. The molecule has 19 heavy (non-hydrogen) atoms. The van der Waals surface area contributed by atoms with E-state index in [0.717, 1.165) is 44.2 Å². The van der Waals surface area contributed by atoms with E-state index in [2.05, 4.69) is 38.0 Å². The summed E-state index contributed by atoms with van der Waals surface area (Å²) in [5.74, 6) is 1.76. The van der Waals surface area contributed by atoms with Crippen molar-refractivity contribution in [1.82, 2.24) is 10.2 Å². The maximum Gasteiger partial charge on any atom is 0.0593 e. The lowest BCUT2D eigenvalue weighted by Crippen LogP contribution is -2.45. The maximum atomic E-state index is 5.45. The summed E-state index contributed by atoms with van der Waals surface area (Å²) in [6.45, 7) is 11.7. The third-order valence-corrected chi connectivity index (χ3v) is 4.50. The summed E-state index contributed by atoms with van der Waals surface area (Å²) in [7, 11) is 2.23. The Balaban J connectivity index is 2.39. The van der Waals surface area contributed by atoms with Crippen LogP contribution in [0.2, 0.25) is 0 Å². The van der Waals surface area contributed by atoms with Crippen molar-refractivity contribution in [2.24, 2.45) is 11.8 Å². The fourth-order valence-electron chi connectivity index (χ4n) is 3.32. The van der Waals surface area contributed by atoms with E-state index >= 15 is 0 Å². The van der Waals surface area contributed by atoms with Crippen molar-refractivity contribution >= 4 is 0 Å². The second-order valence-electron chi connectivity index (χ2n) is 5.97. The molecule has 0 aromatic rings. The van der Waals surface area contributed by atoms with Crippen LogP contribution in [0.4, 0.5) is 0 Å². The number of likely N-dealkylation sites (N-methyl/N-ethyl adjacent to an activating group) is 1. The fraction of sp³-hybridized carbons (Fsp3) is 1.00. The molecule has 0 aliphatic heterocycles. The van der Waals surface area contributed by atoms with Gasteiger partial charge < -0.3 is 15.0 Å². The monoisotopic (exact) mass is 270 g/mol. The van der Waals surface area contributed by atoms with Crippen LogP contribution in [0.5, 0.6) is 0 Å². The summed E-state index contributed by atoms with van der Waals surface area (Å²) >= 11 is 0. The minimum atomic E-state index is 0.724. The van der Waals surface area contributed by atoms with Gasteiger partial charge >= 0.3 is 0 Å². The Morgan fingerprint density at radius 1 is 1.21 bits per heavy atom. The largest absolute Gasteiger partial charge is 0.380 e. The lowest BCUT2D eigenvalue weighted by Gasteiger charge is -2.38. The Morgan fingerprint density at radius 2 is 2.00 bits per heavy atom. The zero-order valence-electron chi connectivity index (χ0n) is 13.5. The quantitative estimate of drug-likeness (QED) is 0.652. The molecule has 3 unspecified atom stereocenters. The molecular weight excluding hydrogens is 236 g/mol. The number of nitrogens with zero attached hydrogens (tertiary/aromatic N) is 1. The highest BCUT2D eigenvalue weighted by Crippen LogP contribution is 2.31. The predicted molar refractivity (Wildman–Crippen MR) is 82.6 cm³/mol. The van der Waals surface area contributed by atoms with Crippen LogP contribution in [-0.4, -0.2) is 50.8 Å². The van der Waals surface area contributed by atoms with Gasteiger partial charge in [0.2, 0.25) is 0 Å². The van der Waals surface area contributed by atoms with Crippen molar-refractivity contribution in [3.05, 3.63) is 0 Å². The Kier molecular flexibility index (Phi) is 8.67. The van der Waals surface area contributed by atoms with Gasteiger partial charge in [-0.15, -0.1) is 0 Å². The van der Waals surface area contributed by atoms with E-state index in [1.807, 2.05) is 0 Å². The van der Waals surface area contributed by atoms with Crippen LogP contribution in [0.1, 0.15) is 46.5 Å². The van der Waals surface area contributed by atoms with Gasteiger partial charge in [-0.25, -0.2) is 0 Å². The molecule has 1 aliphatic rings. The zero-order valence-corrected chi connectivity index (χ0v) is 13.5. The van der Waals surface area contributed by atoms with E-state index in [9.17, 15) is 0 Å². The van der Waals surface area contributed by atoms with E-state index < -0.39 is 0 Å². The molecule has 1 rings (SSSR count). The molecule has 3 nitrogen and oxygen atoms in total. The first-order chi connectivity index (χ1) is 9.21. The highest BCUT2D eigenvalue weighted by atomic mass is 16.5. The summed E-state index contributed by atoms with van der Waals surface area (Å²) in [4.78, 5) is 2.45. The molecule has 1 saturated carbocycles. The van der Waals surface area contributed by atoms with Gasteiger partial charge in [0.05, 0.1) is 6.61 Å². The third-order valence-electron chi connectivity index (χ3n) is 4.50. The summed E-state index contributed by atoms with van der Waals surface area (Å²) in [5, 5.41) is 3.69. The third kappa shape index (κ3) is 6.24. The van der Waals surface area contributed by atoms with E-state index in [0.29, 0.717) is 0 Å². The first kappa shape index (κ1) is 16.9. The molecule has 114 valence electrons.